The Balaban J connectivity index is 3.25. The third-order valence-electron chi connectivity index (χ3n) is 1.95. The zero-order valence-corrected chi connectivity index (χ0v) is 9.13. The van der Waals surface area contributed by atoms with Crippen LogP contribution in [0.5, 0.6) is 11.5 Å². The van der Waals surface area contributed by atoms with Gasteiger partial charge < -0.3 is 14.6 Å². The molecule has 0 aliphatic rings. The second kappa shape index (κ2) is 4.53. The third kappa shape index (κ3) is 2.11. The fraction of sp³-hybridized carbons (Fsp3) is 0.400. The van der Waals surface area contributed by atoms with Crippen molar-refractivity contribution in [3.63, 3.8) is 0 Å². The fourth-order valence-corrected chi connectivity index (χ4v) is 1.39. The molecule has 1 N–H and O–H groups in total. The second-order valence-electron chi connectivity index (χ2n) is 2.92. The van der Waals surface area contributed by atoms with Crippen LogP contribution < -0.4 is 9.47 Å². The Morgan fingerprint density at radius 2 is 1.64 bits per heavy atom. The maximum Gasteiger partial charge on any atom is 0.141 e. The van der Waals surface area contributed by atoms with Crippen LogP contribution in [0.15, 0.2) is 12.1 Å². The van der Waals surface area contributed by atoms with Crippen molar-refractivity contribution < 1.29 is 14.6 Å². The molecule has 14 heavy (non-hydrogen) atoms. The summed E-state index contributed by atoms with van der Waals surface area (Å²) in [4.78, 5) is 0. The lowest BCUT2D eigenvalue weighted by molar-refractivity contribution is 0.198. The fourth-order valence-electron chi connectivity index (χ4n) is 1.13. The van der Waals surface area contributed by atoms with E-state index in [1.54, 1.807) is 19.1 Å². The van der Waals surface area contributed by atoms with Crippen LogP contribution in [-0.2, 0) is 0 Å². The first-order chi connectivity index (χ1) is 6.60. The smallest absolute Gasteiger partial charge is 0.141 e. The van der Waals surface area contributed by atoms with Crippen molar-refractivity contribution in [2.45, 2.75) is 13.0 Å². The zero-order chi connectivity index (χ0) is 10.7. The van der Waals surface area contributed by atoms with E-state index in [2.05, 4.69) is 0 Å². The molecule has 0 fully saturated rings. The Hall–Kier alpha value is -0.930. The molecule has 0 aromatic heterocycles. The molecule has 0 amide bonds. The molecule has 0 heterocycles. The highest BCUT2D eigenvalue weighted by atomic mass is 35.5. The minimum atomic E-state index is -0.574. The summed E-state index contributed by atoms with van der Waals surface area (Å²) in [6.07, 6.45) is -0.574. The van der Waals surface area contributed by atoms with Gasteiger partial charge in [-0.05, 0) is 24.6 Å². The summed E-state index contributed by atoms with van der Waals surface area (Å²) in [5.74, 6) is 1.00. The molecule has 0 saturated heterocycles. The van der Waals surface area contributed by atoms with Crippen molar-refractivity contribution in [2.75, 3.05) is 14.2 Å². The number of hydrogen-bond donors (Lipinski definition) is 1. The number of aliphatic hydroxyl groups is 1. The second-order valence-corrected chi connectivity index (χ2v) is 3.29. The Morgan fingerprint density at radius 1 is 1.21 bits per heavy atom. The molecular weight excluding hydrogens is 204 g/mol. The van der Waals surface area contributed by atoms with E-state index in [9.17, 15) is 5.11 Å². The quantitative estimate of drug-likeness (QED) is 0.844. The van der Waals surface area contributed by atoms with E-state index < -0.39 is 6.10 Å². The van der Waals surface area contributed by atoms with Crippen LogP contribution >= 0.6 is 11.6 Å². The third-order valence-corrected chi connectivity index (χ3v) is 2.32. The molecule has 1 aromatic carbocycles. The highest BCUT2D eigenvalue weighted by Crippen LogP contribution is 2.36. The van der Waals surface area contributed by atoms with Crippen molar-refractivity contribution in [3.8, 4) is 11.5 Å². The van der Waals surface area contributed by atoms with E-state index in [1.165, 1.54) is 14.2 Å². The van der Waals surface area contributed by atoms with Crippen LogP contribution in [0.2, 0.25) is 5.02 Å². The van der Waals surface area contributed by atoms with E-state index in [-0.39, 0.29) is 0 Å². The first kappa shape index (κ1) is 11.1. The van der Waals surface area contributed by atoms with Gasteiger partial charge in [-0.25, -0.2) is 0 Å². The first-order valence-electron chi connectivity index (χ1n) is 4.19. The van der Waals surface area contributed by atoms with Crippen LogP contribution in [-0.4, -0.2) is 19.3 Å². The topological polar surface area (TPSA) is 38.7 Å². The molecule has 0 spiro atoms. The predicted molar refractivity (Wildman–Crippen MR) is 55.2 cm³/mol. The summed E-state index contributed by atoms with van der Waals surface area (Å²) in [6.45, 7) is 1.67. The van der Waals surface area contributed by atoms with Gasteiger partial charge in [0.15, 0.2) is 0 Å². The summed E-state index contributed by atoms with van der Waals surface area (Å²) >= 11 is 5.95. The minimum absolute atomic E-state index is 0.416. The molecule has 0 saturated carbocycles. The molecular formula is C10H13ClO3. The number of methoxy groups -OCH3 is 2. The van der Waals surface area contributed by atoms with Gasteiger partial charge in [0, 0.05) is 0 Å². The molecule has 1 aromatic rings. The standard InChI is InChI=1S/C10H13ClO3/c1-6(12)7-4-8(13-2)10(11)9(5-7)14-3/h4-6,12H,1-3H3/t6-/m0/s1. The molecule has 1 rings (SSSR count). The van der Waals surface area contributed by atoms with E-state index in [0.717, 1.165) is 0 Å². The normalized spacial score (nSPS) is 12.4. The van der Waals surface area contributed by atoms with Crippen molar-refractivity contribution in [2.24, 2.45) is 0 Å². The van der Waals surface area contributed by atoms with Crippen LogP contribution in [0.1, 0.15) is 18.6 Å². The van der Waals surface area contributed by atoms with Gasteiger partial charge in [-0.15, -0.1) is 0 Å². The number of ether oxygens (including phenoxy) is 2. The lowest BCUT2D eigenvalue weighted by atomic mass is 10.1. The minimum Gasteiger partial charge on any atom is -0.495 e. The van der Waals surface area contributed by atoms with Crippen molar-refractivity contribution >= 4 is 11.6 Å². The number of halogens is 1. The van der Waals surface area contributed by atoms with E-state index in [1.807, 2.05) is 0 Å². The van der Waals surface area contributed by atoms with Crippen molar-refractivity contribution in [3.05, 3.63) is 22.7 Å². The molecule has 0 aliphatic carbocycles. The number of aliphatic hydroxyl groups excluding tert-OH is 1. The van der Waals surface area contributed by atoms with Gasteiger partial charge in [0.2, 0.25) is 0 Å². The van der Waals surface area contributed by atoms with Gasteiger partial charge >= 0.3 is 0 Å². The highest BCUT2D eigenvalue weighted by Gasteiger charge is 2.12. The number of hydrogen-bond acceptors (Lipinski definition) is 3. The molecule has 4 heteroatoms. The Kier molecular flexibility index (Phi) is 3.61. The monoisotopic (exact) mass is 216 g/mol. The van der Waals surface area contributed by atoms with Gasteiger partial charge in [0.25, 0.3) is 0 Å². The van der Waals surface area contributed by atoms with E-state index in [0.29, 0.717) is 22.1 Å². The van der Waals surface area contributed by atoms with Crippen LogP contribution in [0.4, 0.5) is 0 Å². The van der Waals surface area contributed by atoms with Crippen LogP contribution in [0.3, 0.4) is 0 Å². The summed E-state index contributed by atoms with van der Waals surface area (Å²) in [6, 6.07) is 3.38. The summed E-state index contributed by atoms with van der Waals surface area (Å²) in [5.41, 5.74) is 0.711. The number of benzene rings is 1. The molecule has 0 unspecified atom stereocenters. The largest absolute Gasteiger partial charge is 0.495 e. The maximum atomic E-state index is 9.40. The van der Waals surface area contributed by atoms with Crippen LogP contribution in [0.25, 0.3) is 0 Å². The summed E-state index contributed by atoms with van der Waals surface area (Å²) in [5, 5.41) is 9.82. The van der Waals surface area contributed by atoms with Gasteiger partial charge in [-0.1, -0.05) is 11.6 Å². The Bertz CT molecular complexity index is 298. The first-order valence-corrected chi connectivity index (χ1v) is 4.57. The molecule has 0 bridgehead atoms. The lowest BCUT2D eigenvalue weighted by Gasteiger charge is -2.12. The van der Waals surface area contributed by atoms with E-state index in [4.69, 9.17) is 21.1 Å². The molecule has 0 aliphatic heterocycles. The van der Waals surface area contributed by atoms with E-state index >= 15 is 0 Å². The summed E-state index contributed by atoms with van der Waals surface area (Å²) in [7, 11) is 3.04. The highest BCUT2D eigenvalue weighted by molar-refractivity contribution is 6.33. The lowest BCUT2D eigenvalue weighted by Crippen LogP contribution is -1.96. The Labute approximate surface area is 88.2 Å². The average molecular weight is 217 g/mol. The predicted octanol–water partition coefficient (Wildman–Crippen LogP) is 2.41. The Morgan fingerprint density at radius 3 is 1.93 bits per heavy atom. The van der Waals surface area contributed by atoms with Crippen LogP contribution in [0, 0.1) is 0 Å². The van der Waals surface area contributed by atoms with Gasteiger partial charge in [-0.3, -0.25) is 0 Å². The van der Waals surface area contributed by atoms with Gasteiger partial charge in [-0.2, -0.15) is 0 Å². The van der Waals surface area contributed by atoms with Gasteiger partial charge in [0.1, 0.15) is 16.5 Å². The van der Waals surface area contributed by atoms with Crippen molar-refractivity contribution in [1.82, 2.24) is 0 Å². The summed E-state index contributed by atoms with van der Waals surface area (Å²) < 4.78 is 10.1. The SMILES string of the molecule is COc1cc([C@H](C)O)cc(OC)c1Cl. The molecule has 3 nitrogen and oxygen atoms in total. The average Bonchev–Trinajstić information content (AvgIpc) is 2.17. The molecule has 1 atom stereocenters. The molecule has 78 valence electrons. The van der Waals surface area contributed by atoms with Crippen molar-refractivity contribution in [1.29, 1.82) is 0 Å². The maximum absolute atomic E-state index is 9.40. The van der Waals surface area contributed by atoms with Gasteiger partial charge in [0.05, 0.1) is 20.3 Å². The molecule has 0 radical (unpaired) electrons. The number of rotatable bonds is 3. The zero-order valence-electron chi connectivity index (χ0n) is 8.37.